The Kier molecular flexibility index (Phi) is 5.55. The molecule has 0 saturated carbocycles. The van der Waals surface area contributed by atoms with Crippen LogP contribution in [-0.2, 0) is 6.54 Å². The van der Waals surface area contributed by atoms with E-state index in [1.54, 1.807) is 6.07 Å². The van der Waals surface area contributed by atoms with Crippen molar-refractivity contribution in [1.29, 1.82) is 0 Å². The van der Waals surface area contributed by atoms with Crippen LogP contribution >= 0.6 is 22.6 Å². The molecule has 0 N–H and O–H groups in total. The molecule has 0 radical (unpaired) electrons. The van der Waals surface area contributed by atoms with Crippen molar-refractivity contribution in [3.05, 3.63) is 70.8 Å². The number of hydrogen-bond donors (Lipinski definition) is 0. The van der Waals surface area contributed by atoms with Crippen LogP contribution < -0.4 is 10.3 Å². The number of halogens is 3. The highest BCUT2D eigenvalue weighted by atomic mass is 127. The third kappa shape index (κ3) is 5.04. The molecule has 0 aliphatic rings. The van der Waals surface area contributed by atoms with Crippen molar-refractivity contribution in [2.24, 2.45) is 0 Å². The zero-order valence-electron chi connectivity index (χ0n) is 13.3. The van der Waals surface area contributed by atoms with Crippen molar-refractivity contribution in [1.82, 2.24) is 19.7 Å². The molecule has 0 spiro atoms. The van der Waals surface area contributed by atoms with Crippen LogP contribution in [0.1, 0.15) is 5.56 Å². The zero-order chi connectivity index (χ0) is 18.6. The number of benzene rings is 1. The molecular weight excluding hydrogens is 457 g/mol. The van der Waals surface area contributed by atoms with E-state index in [1.165, 1.54) is 23.1 Å². The van der Waals surface area contributed by atoms with Crippen molar-refractivity contribution in [3.63, 3.8) is 0 Å². The molecule has 0 unspecified atom stereocenters. The lowest BCUT2D eigenvalue weighted by molar-refractivity contribution is 0.0603. The molecule has 134 valence electrons. The van der Waals surface area contributed by atoms with E-state index in [1.807, 2.05) is 30.3 Å². The molecule has 0 amide bonds. The first kappa shape index (κ1) is 18.4. The Morgan fingerprint density at radius 1 is 1.08 bits per heavy atom. The molecule has 2 heterocycles. The summed E-state index contributed by atoms with van der Waals surface area (Å²) < 4.78 is 28.7. The number of nitrogens with zero attached hydrogens (tertiary/aromatic N) is 4. The Balaban J connectivity index is 1.79. The number of rotatable bonds is 6. The predicted molar refractivity (Wildman–Crippen MR) is 99.5 cm³/mol. The fraction of sp³-hybridized carbons (Fsp3) is 0.176. The van der Waals surface area contributed by atoms with Gasteiger partial charge in [-0.15, -0.1) is 0 Å². The Morgan fingerprint density at radius 2 is 1.77 bits per heavy atom. The normalized spacial score (nSPS) is 11.3. The van der Waals surface area contributed by atoms with Crippen molar-refractivity contribution in [2.45, 2.75) is 10.5 Å². The highest BCUT2D eigenvalue weighted by molar-refractivity contribution is 14.1. The average Bonchev–Trinajstić information content (AvgIpc) is 2.63. The van der Waals surface area contributed by atoms with E-state index in [9.17, 15) is 13.6 Å². The fourth-order valence-electron chi connectivity index (χ4n) is 2.14. The Hall–Kier alpha value is -2.43. The van der Waals surface area contributed by atoms with Gasteiger partial charge in [0.15, 0.2) is 6.61 Å². The van der Waals surface area contributed by atoms with E-state index in [2.05, 4.69) is 15.1 Å². The molecule has 9 heteroatoms. The fourth-order valence-corrected chi connectivity index (χ4v) is 2.30. The van der Waals surface area contributed by atoms with E-state index < -0.39 is 10.5 Å². The van der Waals surface area contributed by atoms with Crippen LogP contribution in [0.4, 0.5) is 8.78 Å². The summed E-state index contributed by atoms with van der Waals surface area (Å²) >= 11 is 0.979. The van der Waals surface area contributed by atoms with Gasteiger partial charge in [-0.05, 0) is 11.6 Å². The minimum absolute atomic E-state index is 0.150. The minimum Gasteiger partial charge on any atom is -0.456 e. The predicted octanol–water partition coefficient (Wildman–Crippen LogP) is 3.16. The molecule has 6 nitrogen and oxygen atoms in total. The van der Waals surface area contributed by atoms with Crippen LogP contribution in [0.5, 0.6) is 6.01 Å². The standard InChI is InChI=1S/C17H13F2IN4O2/c18-17(19,20)11-26-16-21-8-13(9-22-16)14-6-7-15(25)24(23-14)10-12-4-2-1-3-5-12/h1-9H,10-11H2. The summed E-state index contributed by atoms with van der Waals surface area (Å²) in [6.45, 7) is -0.479. The smallest absolute Gasteiger partial charge is 0.329 e. The monoisotopic (exact) mass is 470 g/mol. The molecule has 0 saturated heterocycles. The first-order valence-corrected chi connectivity index (χ1v) is 8.63. The van der Waals surface area contributed by atoms with Gasteiger partial charge in [0.25, 0.3) is 5.56 Å². The van der Waals surface area contributed by atoms with E-state index in [-0.39, 0.29) is 11.6 Å². The molecule has 2 aromatic heterocycles. The third-order valence-corrected chi connectivity index (χ3v) is 3.64. The van der Waals surface area contributed by atoms with Gasteiger partial charge in [-0.1, -0.05) is 30.3 Å². The van der Waals surface area contributed by atoms with Gasteiger partial charge >= 0.3 is 9.94 Å². The summed E-state index contributed by atoms with van der Waals surface area (Å²) in [6.07, 6.45) is 2.82. The van der Waals surface area contributed by atoms with Crippen molar-refractivity contribution < 1.29 is 13.5 Å². The SMILES string of the molecule is O=c1ccc(-c2cnc(OCC(F)(F)I)nc2)nn1Cc1ccccc1. The van der Waals surface area contributed by atoms with Gasteiger partial charge in [0.05, 0.1) is 12.2 Å². The van der Waals surface area contributed by atoms with Crippen LogP contribution in [0.15, 0.2) is 59.7 Å². The summed E-state index contributed by atoms with van der Waals surface area (Å²) in [5, 5.41) is 4.31. The average molecular weight is 470 g/mol. The van der Waals surface area contributed by atoms with Crippen LogP contribution in [0.2, 0.25) is 0 Å². The lowest BCUT2D eigenvalue weighted by atomic mass is 10.2. The first-order chi connectivity index (χ1) is 12.4. The first-order valence-electron chi connectivity index (χ1n) is 7.55. The third-order valence-electron chi connectivity index (χ3n) is 3.33. The summed E-state index contributed by atoms with van der Waals surface area (Å²) in [5.74, 6) is 0. The van der Waals surface area contributed by atoms with Crippen LogP contribution in [0, 0.1) is 0 Å². The Morgan fingerprint density at radius 3 is 2.42 bits per heavy atom. The lowest BCUT2D eigenvalue weighted by Gasteiger charge is -2.09. The summed E-state index contributed by atoms with van der Waals surface area (Å²) in [4.78, 5) is 19.8. The van der Waals surface area contributed by atoms with Gasteiger partial charge in [0, 0.05) is 46.6 Å². The molecule has 26 heavy (non-hydrogen) atoms. The molecule has 3 rings (SSSR count). The molecule has 0 aliphatic heterocycles. The van der Waals surface area contributed by atoms with E-state index in [4.69, 9.17) is 4.74 Å². The zero-order valence-corrected chi connectivity index (χ0v) is 15.5. The maximum Gasteiger partial charge on any atom is 0.329 e. The second kappa shape index (κ2) is 7.85. The molecule has 0 atom stereocenters. The number of aromatic nitrogens is 4. The summed E-state index contributed by atoms with van der Waals surface area (Å²) in [6, 6.07) is 12.3. The highest BCUT2D eigenvalue weighted by Crippen LogP contribution is 2.23. The van der Waals surface area contributed by atoms with Gasteiger partial charge in [-0.2, -0.15) is 13.9 Å². The van der Waals surface area contributed by atoms with Gasteiger partial charge in [-0.3, -0.25) is 4.79 Å². The molecule has 0 aliphatic carbocycles. The van der Waals surface area contributed by atoms with Gasteiger partial charge in [0.1, 0.15) is 0 Å². The molecule has 1 aromatic carbocycles. The topological polar surface area (TPSA) is 69.9 Å². The summed E-state index contributed by atoms with van der Waals surface area (Å²) in [7, 11) is 0. The van der Waals surface area contributed by atoms with Gasteiger partial charge in [-0.25, -0.2) is 14.6 Å². The van der Waals surface area contributed by atoms with Gasteiger partial charge in [0.2, 0.25) is 0 Å². The largest absolute Gasteiger partial charge is 0.456 e. The maximum absolute atomic E-state index is 12.8. The Bertz CT molecular complexity index is 928. The second-order valence-electron chi connectivity index (χ2n) is 5.36. The van der Waals surface area contributed by atoms with Crippen molar-refractivity contribution in [3.8, 4) is 17.3 Å². The summed E-state index contributed by atoms with van der Waals surface area (Å²) in [5.41, 5.74) is 1.74. The van der Waals surface area contributed by atoms with E-state index in [0.29, 0.717) is 17.8 Å². The highest BCUT2D eigenvalue weighted by Gasteiger charge is 2.25. The van der Waals surface area contributed by atoms with E-state index >= 15 is 0 Å². The van der Waals surface area contributed by atoms with Crippen LogP contribution in [-0.4, -0.2) is 30.3 Å². The van der Waals surface area contributed by atoms with Crippen LogP contribution in [0.3, 0.4) is 0 Å². The van der Waals surface area contributed by atoms with Crippen molar-refractivity contribution in [2.75, 3.05) is 6.61 Å². The maximum atomic E-state index is 12.8. The molecule has 0 fully saturated rings. The molecular formula is C17H13F2IN4O2. The second-order valence-corrected chi connectivity index (χ2v) is 6.94. The van der Waals surface area contributed by atoms with Gasteiger partial charge < -0.3 is 4.74 Å². The van der Waals surface area contributed by atoms with Crippen molar-refractivity contribution >= 4 is 22.6 Å². The quantitative estimate of drug-likeness (QED) is 0.409. The number of ether oxygens (including phenoxy) is 1. The minimum atomic E-state index is -2.99. The number of alkyl halides is 3. The van der Waals surface area contributed by atoms with Crippen LogP contribution in [0.25, 0.3) is 11.3 Å². The molecule has 3 aromatic rings. The Labute approximate surface area is 161 Å². The molecule has 0 bridgehead atoms. The lowest BCUT2D eigenvalue weighted by Crippen LogP contribution is -2.22. The number of hydrogen-bond acceptors (Lipinski definition) is 5. The van der Waals surface area contributed by atoms with E-state index in [0.717, 1.165) is 28.2 Å².